The van der Waals surface area contributed by atoms with E-state index in [1.54, 1.807) is 7.11 Å². The average molecular weight is 294 g/mol. The second-order valence-electron chi connectivity index (χ2n) is 5.08. The Labute approximate surface area is 118 Å². The van der Waals surface area contributed by atoms with Crippen molar-refractivity contribution in [3.8, 4) is 0 Å². The van der Waals surface area contributed by atoms with Crippen LogP contribution in [0.4, 0.5) is 0 Å². The zero-order chi connectivity index (χ0) is 14.6. The molecule has 19 heavy (non-hydrogen) atoms. The topological polar surface area (TPSA) is 67.4 Å². The summed E-state index contributed by atoms with van der Waals surface area (Å²) in [6.07, 6.45) is 4.46. The summed E-state index contributed by atoms with van der Waals surface area (Å²) < 4.78 is 30.9. The van der Waals surface area contributed by atoms with Gasteiger partial charge in [0.15, 0.2) is 0 Å². The lowest BCUT2D eigenvalue weighted by Crippen LogP contribution is -2.28. The fraction of sp³-hybridized carbons (Fsp3) is 1.00. The Morgan fingerprint density at radius 2 is 1.68 bits per heavy atom. The first-order valence-corrected chi connectivity index (χ1v) is 8.83. The zero-order valence-electron chi connectivity index (χ0n) is 12.6. The summed E-state index contributed by atoms with van der Waals surface area (Å²) >= 11 is 0. The molecule has 0 amide bonds. The number of ether oxygens (including phenoxy) is 1. The number of hydrogen-bond donors (Lipinski definition) is 2. The van der Waals surface area contributed by atoms with E-state index in [0.29, 0.717) is 19.0 Å². The molecule has 0 saturated heterocycles. The van der Waals surface area contributed by atoms with Crippen molar-refractivity contribution in [2.75, 3.05) is 32.6 Å². The van der Waals surface area contributed by atoms with Crippen molar-refractivity contribution in [3.63, 3.8) is 0 Å². The summed E-state index contributed by atoms with van der Waals surface area (Å²) in [5, 5.41) is 3.28. The first-order valence-electron chi connectivity index (χ1n) is 7.17. The molecule has 0 spiro atoms. The maximum absolute atomic E-state index is 11.7. The van der Waals surface area contributed by atoms with Crippen LogP contribution in [0.3, 0.4) is 0 Å². The molecule has 0 unspecified atom stereocenters. The number of hydrogen-bond acceptors (Lipinski definition) is 4. The van der Waals surface area contributed by atoms with Crippen LogP contribution in [0.2, 0.25) is 0 Å². The molecule has 0 aromatic carbocycles. The lowest BCUT2D eigenvalue weighted by Gasteiger charge is -2.08. The predicted octanol–water partition coefficient (Wildman–Crippen LogP) is 1.50. The van der Waals surface area contributed by atoms with Crippen LogP contribution in [-0.4, -0.2) is 47.0 Å². The van der Waals surface area contributed by atoms with Gasteiger partial charge in [0.05, 0.1) is 5.75 Å². The van der Waals surface area contributed by atoms with Gasteiger partial charge in [-0.25, -0.2) is 13.1 Å². The molecule has 0 aliphatic carbocycles. The van der Waals surface area contributed by atoms with E-state index in [1.165, 1.54) is 0 Å². The summed E-state index contributed by atoms with van der Waals surface area (Å²) in [6, 6.07) is 0.460. The Kier molecular flexibility index (Phi) is 11.5. The Morgan fingerprint density at radius 1 is 1.00 bits per heavy atom. The summed E-state index contributed by atoms with van der Waals surface area (Å²) in [6.45, 7) is 6.33. The van der Waals surface area contributed by atoms with Crippen molar-refractivity contribution in [2.24, 2.45) is 0 Å². The van der Waals surface area contributed by atoms with Gasteiger partial charge in [-0.15, -0.1) is 0 Å². The normalized spacial score (nSPS) is 12.2. The van der Waals surface area contributed by atoms with E-state index >= 15 is 0 Å². The minimum absolute atomic E-state index is 0.227. The molecule has 0 radical (unpaired) electrons. The van der Waals surface area contributed by atoms with Gasteiger partial charge < -0.3 is 10.1 Å². The molecule has 2 N–H and O–H groups in total. The van der Waals surface area contributed by atoms with Crippen LogP contribution in [0, 0.1) is 0 Å². The second-order valence-corrected chi connectivity index (χ2v) is 7.01. The molecule has 0 aromatic rings. The summed E-state index contributed by atoms with van der Waals surface area (Å²) in [5.41, 5.74) is 0. The molecule has 0 rings (SSSR count). The van der Waals surface area contributed by atoms with Gasteiger partial charge in [0.1, 0.15) is 0 Å². The van der Waals surface area contributed by atoms with Gasteiger partial charge in [-0.1, -0.05) is 13.8 Å². The molecule has 0 heterocycles. The first-order chi connectivity index (χ1) is 8.98. The minimum Gasteiger partial charge on any atom is -0.385 e. The van der Waals surface area contributed by atoms with Crippen LogP contribution in [0.1, 0.15) is 46.0 Å². The number of nitrogens with one attached hydrogen (secondary N) is 2. The molecule has 0 atom stereocenters. The van der Waals surface area contributed by atoms with Crippen molar-refractivity contribution in [1.82, 2.24) is 10.0 Å². The average Bonchev–Trinajstić information content (AvgIpc) is 2.32. The van der Waals surface area contributed by atoms with Crippen molar-refractivity contribution < 1.29 is 13.2 Å². The maximum atomic E-state index is 11.7. The van der Waals surface area contributed by atoms with Gasteiger partial charge in [0, 0.05) is 26.3 Å². The van der Waals surface area contributed by atoms with E-state index in [0.717, 1.165) is 38.8 Å². The second kappa shape index (κ2) is 11.6. The molecule has 0 aliphatic rings. The number of methoxy groups -OCH3 is 1. The Hall–Kier alpha value is -0.170. The molecule has 6 heteroatoms. The van der Waals surface area contributed by atoms with Crippen LogP contribution < -0.4 is 10.0 Å². The van der Waals surface area contributed by atoms with Gasteiger partial charge in [-0.05, 0) is 38.6 Å². The van der Waals surface area contributed by atoms with E-state index in [1.807, 2.05) is 0 Å². The summed E-state index contributed by atoms with van der Waals surface area (Å²) in [7, 11) is -1.41. The van der Waals surface area contributed by atoms with Crippen molar-refractivity contribution in [1.29, 1.82) is 0 Å². The fourth-order valence-electron chi connectivity index (χ4n) is 1.66. The third-order valence-corrected chi connectivity index (χ3v) is 4.21. The smallest absolute Gasteiger partial charge is 0.211 e. The molecule has 0 aromatic heterocycles. The maximum Gasteiger partial charge on any atom is 0.211 e. The zero-order valence-corrected chi connectivity index (χ0v) is 13.4. The van der Waals surface area contributed by atoms with Crippen LogP contribution in [-0.2, 0) is 14.8 Å². The van der Waals surface area contributed by atoms with E-state index < -0.39 is 10.0 Å². The van der Waals surface area contributed by atoms with E-state index in [4.69, 9.17) is 4.74 Å². The molecule has 0 saturated carbocycles. The van der Waals surface area contributed by atoms with Crippen LogP contribution in [0.5, 0.6) is 0 Å². The molecular formula is C13H30N2O3S. The largest absolute Gasteiger partial charge is 0.385 e. The number of sulfonamides is 1. The predicted molar refractivity (Wildman–Crippen MR) is 79.9 cm³/mol. The third kappa shape index (κ3) is 14.1. The standard InChI is InChI=1S/C13H30N2O3S/c1-13(2)14-9-6-8-12-19(16,17)15-10-5-4-7-11-18-3/h13-15H,4-12H2,1-3H3. The molecule has 5 nitrogen and oxygen atoms in total. The monoisotopic (exact) mass is 294 g/mol. The van der Waals surface area contributed by atoms with Crippen LogP contribution in [0.15, 0.2) is 0 Å². The van der Waals surface area contributed by atoms with Gasteiger partial charge in [-0.2, -0.15) is 0 Å². The SMILES string of the molecule is COCCCCCNS(=O)(=O)CCCCNC(C)C. The Morgan fingerprint density at radius 3 is 2.32 bits per heavy atom. The van der Waals surface area contributed by atoms with Crippen molar-refractivity contribution >= 4 is 10.0 Å². The molecule has 116 valence electrons. The molecule has 0 aliphatic heterocycles. The van der Waals surface area contributed by atoms with Gasteiger partial charge >= 0.3 is 0 Å². The fourth-order valence-corrected chi connectivity index (χ4v) is 2.84. The Balaban J connectivity index is 3.47. The van der Waals surface area contributed by atoms with Crippen molar-refractivity contribution in [2.45, 2.75) is 52.0 Å². The highest BCUT2D eigenvalue weighted by Crippen LogP contribution is 1.97. The number of rotatable bonds is 13. The van der Waals surface area contributed by atoms with Crippen LogP contribution in [0.25, 0.3) is 0 Å². The Bertz CT molecular complexity index is 292. The van der Waals surface area contributed by atoms with Gasteiger partial charge in [-0.3, -0.25) is 0 Å². The summed E-state index contributed by atoms with van der Waals surface area (Å²) in [5.74, 6) is 0.227. The van der Waals surface area contributed by atoms with Gasteiger partial charge in [0.25, 0.3) is 0 Å². The van der Waals surface area contributed by atoms with Crippen molar-refractivity contribution in [3.05, 3.63) is 0 Å². The highest BCUT2D eigenvalue weighted by molar-refractivity contribution is 7.89. The number of unbranched alkanes of at least 4 members (excludes halogenated alkanes) is 3. The lowest BCUT2D eigenvalue weighted by atomic mass is 10.2. The summed E-state index contributed by atoms with van der Waals surface area (Å²) in [4.78, 5) is 0. The first kappa shape index (κ1) is 18.8. The molecular weight excluding hydrogens is 264 g/mol. The molecule has 0 fully saturated rings. The van der Waals surface area contributed by atoms with Crippen LogP contribution >= 0.6 is 0 Å². The van der Waals surface area contributed by atoms with E-state index in [2.05, 4.69) is 23.9 Å². The van der Waals surface area contributed by atoms with E-state index in [-0.39, 0.29) is 5.75 Å². The highest BCUT2D eigenvalue weighted by atomic mass is 32.2. The molecule has 0 bridgehead atoms. The minimum atomic E-state index is -3.08. The van der Waals surface area contributed by atoms with Gasteiger partial charge in [0.2, 0.25) is 10.0 Å². The quantitative estimate of drug-likeness (QED) is 0.505. The lowest BCUT2D eigenvalue weighted by molar-refractivity contribution is 0.192. The highest BCUT2D eigenvalue weighted by Gasteiger charge is 2.08. The van der Waals surface area contributed by atoms with E-state index in [9.17, 15) is 8.42 Å². The third-order valence-electron chi connectivity index (χ3n) is 2.74.